The first-order valence-corrected chi connectivity index (χ1v) is 10.9. The van der Waals surface area contributed by atoms with Crippen molar-refractivity contribution in [1.29, 1.82) is 0 Å². The summed E-state index contributed by atoms with van der Waals surface area (Å²) in [6.45, 7) is 2.61. The van der Waals surface area contributed by atoms with E-state index in [1.807, 2.05) is 6.07 Å². The predicted molar refractivity (Wildman–Crippen MR) is 116 cm³/mol. The monoisotopic (exact) mass is 472 g/mol. The molecule has 0 aliphatic carbocycles. The maximum atomic E-state index is 13.1. The van der Waals surface area contributed by atoms with Gasteiger partial charge in [-0.2, -0.15) is 0 Å². The SMILES string of the molecule is CC(=O)OC1N2C(=O)[C@H](Oc3ccccc3)[C@H]2SC1(C)C(=O)OCc1ccc([N+](=O)[O-])cc1. The third-order valence-corrected chi connectivity index (χ3v) is 6.90. The quantitative estimate of drug-likeness (QED) is 0.259. The highest BCUT2D eigenvalue weighted by atomic mass is 32.2. The van der Waals surface area contributed by atoms with Gasteiger partial charge in [-0.25, -0.2) is 0 Å². The summed E-state index contributed by atoms with van der Waals surface area (Å²) in [6.07, 6.45) is -1.99. The van der Waals surface area contributed by atoms with Gasteiger partial charge in [-0.05, 0) is 36.8 Å². The number of hydrogen-bond donors (Lipinski definition) is 0. The molecule has 0 saturated carbocycles. The van der Waals surface area contributed by atoms with E-state index in [2.05, 4.69) is 0 Å². The molecule has 10 nitrogen and oxygen atoms in total. The normalized spacial score (nSPS) is 25.6. The number of fused-ring (bicyclic) bond motifs is 1. The van der Waals surface area contributed by atoms with Crippen molar-refractivity contribution in [3.05, 3.63) is 70.3 Å². The van der Waals surface area contributed by atoms with Gasteiger partial charge in [-0.3, -0.25) is 29.4 Å². The molecule has 4 atom stereocenters. The fourth-order valence-electron chi connectivity index (χ4n) is 3.64. The fourth-order valence-corrected chi connectivity index (χ4v) is 5.19. The molecule has 0 bridgehead atoms. The molecule has 33 heavy (non-hydrogen) atoms. The highest BCUT2D eigenvalue weighted by Crippen LogP contribution is 2.52. The molecule has 172 valence electrons. The number of benzene rings is 2. The van der Waals surface area contributed by atoms with Crippen LogP contribution in [0.3, 0.4) is 0 Å². The van der Waals surface area contributed by atoms with Crippen LogP contribution < -0.4 is 4.74 Å². The summed E-state index contributed by atoms with van der Waals surface area (Å²) >= 11 is 1.13. The minimum Gasteiger partial charge on any atom is -0.477 e. The summed E-state index contributed by atoms with van der Waals surface area (Å²) in [5.41, 5.74) is 0.472. The third-order valence-electron chi connectivity index (χ3n) is 5.33. The van der Waals surface area contributed by atoms with Crippen LogP contribution in [0.5, 0.6) is 5.75 Å². The van der Waals surface area contributed by atoms with Gasteiger partial charge >= 0.3 is 11.9 Å². The molecule has 2 fully saturated rings. The molecule has 4 rings (SSSR count). The Morgan fingerprint density at radius 2 is 1.82 bits per heavy atom. The van der Waals surface area contributed by atoms with Gasteiger partial charge in [0.05, 0.1) is 4.92 Å². The number of carbonyl (C=O) groups excluding carboxylic acids is 3. The van der Waals surface area contributed by atoms with E-state index in [9.17, 15) is 24.5 Å². The Hall–Kier alpha value is -3.60. The lowest BCUT2D eigenvalue weighted by Crippen LogP contribution is -2.67. The number of amides is 1. The van der Waals surface area contributed by atoms with Crippen molar-refractivity contribution in [2.75, 3.05) is 0 Å². The lowest BCUT2D eigenvalue weighted by Gasteiger charge is -2.43. The standard InChI is InChI=1S/C22H20N2O8S/c1-13(25)31-20-22(2,21(27)30-12-14-8-10-15(11-9-14)24(28)29)33-19-17(18(26)23(19)20)32-16-6-4-3-5-7-16/h3-11,17,19-20H,12H2,1-2H3/t17-,19+,20?,22?/m0/s1. The largest absolute Gasteiger partial charge is 0.477 e. The topological polar surface area (TPSA) is 125 Å². The van der Waals surface area contributed by atoms with E-state index in [-0.39, 0.29) is 12.3 Å². The van der Waals surface area contributed by atoms with Crippen molar-refractivity contribution in [2.24, 2.45) is 0 Å². The van der Waals surface area contributed by atoms with Crippen LogP contribution in [0.25, 0.3) is 0 Å². The van der Waals surface area contributed by atoms with E-state index >= 15 is 0 Å². The number of thioether (sulfide) groups is 1. The summed E-state index contributed by atoms with van der Waals surface area (Å²) in [5, 5.41) is 10.2. The minimum absolute atomic E-state index is 0.0781. The van der Waals surface area contributed by atoms with Gasteiger partial charge in [0.25, 0.3) is 11.6 Å². The van der Waals surface area contributed by atoms with E-state index in [1.54, 1.807) is 31.2 Å². The first-order valence-electron chi connectivity index (χ1n) is 10.00. The number of rotatable bonds is 7. The van der Waals surface area contributed by atoms with Gasteiger partial charge < -0.3 is 14.2 Å². The molecule has 11 heteroatoms. The number of hydrogen-bond acceptors (Lipinski definition) is 9. The minimum atomic E-state index is -1.39. The first kappa shape index (κ1) is 22.6. The molecule has 2 aromatic carbocycles. The Balaban J connectivity index is 1.49. The second-order valence-electron chi connectivity index (χ2n) is 7.67. The zero-order chi connectivity index (χ0) is 23.8. The molecular formula is C22H20N2O8S. The van der Waals surface area contributed by atoms with Crippen molar-refractivity contribution < 1.29 is 33.5 Å². The number of nitro groups is 1. The van der Waals surface area contributed by atoms with Crippen LogP contribution in [0, 0.1) is 10.1 Å². The number of nitro benzene ring substituents is 1. The summed E-state index contributed by atoms with van der Waals surface area (Å²) in [7, 11) is 0. The first-order chi connectivity index (χ1) is 15.7. The average Bonchev–Trinajstić information content (AvgIpc) is 3.06. The van der Waals surface area contributed by atoms with Crippen LogP contribution in [0.2, 0.25) is 0 Å². The fraction of sp³-hybridized carbons (Fsp3) is 0.318. The van der Waals surface area contributed by atoms with Crippen molar-refractivity contribution in [1.82, 2.24) is 4.90 Å². The maximum absolute atomic E-state index is 13.1. The maximum Gasteiger partial charge on any atom is 0.328 e. The highest BCUT2D eigenvalue weighted by Gasteiger charge is 2.69. The number of esters is 2. The van der Waals surface area contributed by atoms with Crippen molar-refractivity contribution in [3.63, 3.8) is 0 Å². The van der Waals surface area contributed by atoms with E-state index in [4.69, 9.17) is 14.2 Å². The smallest absolute Gasteiger partial charge is 0.328 e. The zero-order valence-corrected chi connectivity index (χ0v) is 18.5. The average molecular weight is 472 g/mol. The van der Waals surface area contributed by atoms with Crippen molar-refractivity contribution in [3.8, 4) is 5.75 Å². The van der Waals surface area contributed by atoms with Gasteiger partial charge in [0.15, 0.2) is 4.75 Å². The lowest BCUT2D eigenvalue weighted by molar-refractivity contribution is -0.384. The van der Waals surface area contributed by atoms with Gasteiger partial charge in [0.1, 0.15) is 17.7 Å². The molecule has 2 aromatic rings. The molecule has 2 unspecified atom stereocenters. The molecule has 2 aliphatic rings. The number of non-ortho nitro benzene ring substituents is 1. The number of β-lactam (4-membered cyclic amide) rings is 1. The molecule has 1 amide bonds. The van der Waals surface area contributed by atoms with Crippen LogP contribution >= 0.6 is 11.8 Å². The Kier molecular flexibility index (Phi) is 5.98. The van der Waals surface area contributed by atoms with Gasteiger partial charge in [-0.15, -0.1) is 11.8 Å². The Morgan fingerprint density at radius 3 is 2.42 bits per heavy atom. The molecule has 0 spiro atoms. The molecule has 2 heterocycles. The van der Waals surface area contributed by atoms with Gasteiger partial charge in [-0.1, -0.05) is 18.2 Å². The van der Waals surface area contributed by atoms with Gasteiger partial charge in [0, 0.05) is 19.1 Å². The molecule has 0 N–H and O–H groups in total. The molecule has 0 aromatic heterocycles. The molecule has 2 saturated heterocycles. The Bertz CT molecular complexity index is 1090. The van der Waals surface area contributed by atoms with Crippen molar-refractivity contribution in [2.45, 2.75) is 42.9 Å². The number of nitrogens with zero attached hydrogens (tertiary/aromatic N) is 2. The second kappa shape index (κ2) is 8.74. The lowest BCUT2D eigenvalue weighted by atomic mass is 10.0. The van der Waals surface area contributed by atoms with Crippen LogP contribution in [0.15, 0.2) is 54.6 Å². The Labute approximate surface area is 192 Å². The third kappa shape index (κ3) is 4.23. The summed E-state index contributed by atoms with van der Waals surface area (Å²) in [5.74, 6) is -1.21. The van der Waals surface area contributed by atoms with Crippen LogP contribution in [0.4, 0.5) is 5.69 Å². The van der Waals surface area contributed by atoms with Crippen LogP contribution in [-0.4, -0.2) is 50.1 Å². The number of para-hydroxylation sites is 1. The number of carbonyl (C=O) groups is 3. The number of ether oxygens (including phenoxy) is 3. The molecule has 2 aliphatic heterocycles. The predicted octanol–water partition coefficient (Wildman–Crippen LogP) is 2.65. The second-order valence-corrected chi connectivity index (χ2v) is 9.24. The molecule has 0 radical (unpaired) electrons. The summed E-state index contributed by atoms with van der Waals surface area (Å²) < 4.78 is 15.2. The van der Waals surface area contributed by atoms with E-state index in [0.29, 0.717) is 11.3 Å². The highest BCUT2D eigenvalue weighted by molar-refractivity contribution is 8.02. The van der Waals surface area contributed by atoms with E-state index < -0.39 is 45.2 Å². The van der Waals surface area contributed by atoms with E-state index in [0.717, 1.165) is 11.8 Å². The zero-order valence-electron chi connectivity index (χ0n) is 17.7. The van der Waals surface area contributed by atoms with Gasteiger partial charge in [0.2, 0.25) is 12.3 Å². The summed E-state index contributed by atoms with van der Waals surface area (Å²) in [6, 6.07) is 14.4. The van der Waals surface area contributed by atoms with Crippen LogP contribution in [-0.2, 0) is 30.5 Å². The van der Waals surface area contributed by atoms with Crippen LogP contribution in [0.1, 0.15) is 19.4 Å². The summed E-state index contributed by atoms with van der Waals surface area (Å²) in [4.78, 5) is 49.2. The Morgan fingerprint density at radius 1 is 1.15 bits per heavy atom. The van der Waals surface area contributed by atoms with Crippen molar-refractivity contribution >= 4 is 35.3 Å². The van der Waals surface area contributed by atoms with E-state index in [1.165, 1.54) is 36.1 Å². The molecular weight excluding hydrogens is 452 g/mol.